The Balaban J connectivity index is 1.94. The highest BCUT2D eigenvalue weighted by Gasteiger charge is 2.28. The average molecular weight is 295 g/mol. The van der Waals surface area contributed by atoms with Crippen LogP contribution in [0.4, 0.5) is 0 Å². The summed E-state index contributed by atoms with van der Waals surface area (Å²) >= 11 is 5.94. The normalized spacial score (nSPS) is 24.2. The van der Waals surface area contributed by atoms with Gasteiger partial charge in [-0.05, 0) is 36.5 Å². The highest BCUT2D eigenvalue weighted by Crippen LogP contribution is 2.17. The lowest BCUT2D eigenvalue weighted by atomic mass is 9.97. The van der Waals surface area contributed by atoms with E-state index in [0.29, 0.717) is 18.0 Å². The fourth-order valence-electron chi connectivity index (χ4n) is 3.01. The molecule has 112 valence electrons. The molecular formula is C17H27ClN2. The largest absolute Gasteiger partial charge is 0.311 e. The Kier molecular flexibility index (Phi) is 5.88. The molecular weight excluding hydrogens is 268 g/mol. The van der Waals surface area contributed by atoms with Crippen molar-refractivity contribution in [3.8, 4) is 0 Å². The SMILES string of the molecule is CCC1CN(CCc2ccc(Cl)cc2)C(C(C)C)CN1. The van der Waals surface area contributed by atoms with Gasteiger partial charge in [-0.1, -0.05) is 44.5 Å². The molecule has 0 amide bonds. The maximum atomic E-state index is 5.94. The summed E-state index contributed by atoms with van der Waals surface area (Å²) in [6.07, 6.45) is 2.32. The number of halogens is 1. The first-order chi connectivity index (χ1) is 9.60. The molecule has 0 bridgehead atoms. The predicted octanol–water partition coefficient (Wildman–Crippen LogP) is 3.59. The minimum absolute atomic E-state index is 0.648. The summed E-state index contributed by atoms with van der Waals surface area (Å²) in [4.78, 5) is 2.67. The number of nitrogens with zero attached hydrogens (tertiary/aromatic N) is 1. The van der Waals surface area contributed by atoms with Gasteiger partial charge in [0.05, 0.1) is 0 Å². The number of hydrogen-bond donors (Lipinski definition) is 1. The highest BCUT2D eigenvalue weighted by atomic mass is 35.5. The number of piperazine rings is 1. The number of rotatable bonds is 5. The Morgan fingerprint density at radius 3 is 2.60 bits per heavy atom. The van der Waals surface area contributed by atoms with Crippen molar-refractivity contribution in [1.82, 2.24) is 10.2 Å². The van der Waals surface area contributed by atoms with Gasteiger partial charge in [-0.25, -0.2) is 0 Å². The summed E-state index contributed by atoms with van der Waals surface area (Å²) in [6, 6.07) is 9.57. The zero-order valence-electron chi connectivity index (χ0n) is 12.9. The average Bonchev–Trinajstić information content (AvgIpc) is 2.46. The Morgan fingerprint density at radius 1 is 1.30 bits per heavy atom. The smallest absolute Gasteiger partial charge is 0.0406 e. The molecule has 1 N–H and O–H groups in total. The van der Waals surface area contributed by atoms with Crippen LogP contribution in [0.1, 0.15) is 32.8 Å². The van der Waals surface area contributed by atoms with E-state index in [2.05, 4.69) is 43.1 Å². The third-order valence-electron chi connectivity index (χ3n) is 4.40. The Hall–Kier alpha value is -0.570. The van der Waals surface area contributed by atoms with Gasteiger partial charge in [0.2, 0.25) is 0 Å². The van der Waals surface area contributed by atoms with Gasteiger partial charge in [0.1, 0.15) is 0 Å². The molecule has 0 radical (unpaired) electrons. The van der Waals surface area contributed by atoms with Crippen LogP contribution < -0.4 is 5.32 Å². The maximum absolute atomic E-state index is 5.94. The van der Waals surface area contributed by atoms with Crippen LogP contribution >= 0.6 is 11.6 Å². The second-order valence-corrected chi connectivity index (χ2v) is 6.63. The first kappa shape index (κ1) is 15.8. The van der Waals surface area contributed by atoms with E-state index >= 15 is 0 Å². The second kappa shape index (κ2) is 7.44. The van der Waals surface area contributed by atoms with Crippen molar-refractivity contribution in [1.29, 1.82) is 0 Å². The minimum Gasteiger partial charge on any atom is -0.311 e. The lowest BCUT2D eigenvalue weighted by Gasteiger charge is -2.42. The van der Waals surface area contributed by atoms with Gasteiger partial charge >= 0.3 is 0 Å². The van der Waals surface area contributed by atoms with Gasteiger partial charge in [0.25, 0.3) is 0 Å². The third-order valence-corrected chi connectivity index (χ3v) is 4.65. The van der Waals surface area contributed by atoms with Crippen LogP contribution in [0.3, 0.4) is 0 Å². The molecule has 0 spiro atoms. The molecule has 1 aliphatic rings. The summed E-state index contributed by atoms with van der Waals surface area (Å²) in [7, 11) is 0. The van der Waals surface area contributed by atoms with E-state index in [9.17, 15) is 0 Å². The monoisotopic (exact) mass is 294 g/mol. The van der Waals surface area contributed by atoms with E-state index < -0.39 is 0 Å². The van der Waals surface area contributed by atoms with Gasteiger partial charge in [-0.15, -0.1) is 0 Å². The maximum Gasteiger partial charge on any atom is 0.0406 e. The lowest BCUT2D eigenvalue weighted by Crippen LogP contribution is -2.58. The molecule has 2 atom stereocenters. The summed E-state index contributed by atoms with van der Waals surface area (Å²) in [6.45, 7) is 10.4. The molecule has 2 rings (SSSR count). The van der Waals surface area contributed by atoms with E-state index in [1.165, 1.54) is 18.5 Å². The van der Waals surface area contributed by atoms with Gasteiger partial charge in [0, 0.05) is 36.7 Å². The first-order valence-electron chi connectivity index (χ1n) is 7.82. The van der Waals surface area contributed by atoms with Crippen LogP contribution in [-0.4, -0.2) is 36.6 Å². The molecule has 1 saturated heterocycles. The predicted molar refractivity (Wildman–Crippen MR) is 87.4 cm³/mol. The van der Waals surface area contributed by atoms with Crippen molar-refractivity contribution in [3.63, 3.8) is 0 Å². The zero-order valence-corrected chi connectivity index (χ0v) is 13.7. The van der Waals surface area contributed by atoms with Crippen molar-refractivity contribution in [3.05, 3.63) is 34.9 Å². The lowest BCUT2D eigenvalue weighted by molar-refractivity contribution is 0.0985. The quantitative estimate of drug-likeness (QED) is 0.893. The number of hydrogen-bond acceptors (Lipinski definition) is 2. The second-order valence-electron chi connectivity index (χ2n) is 6.20. The molecule has 1 aromatic carbocycles. The van der Waals surface area contributed by atoms with Crippen LogP contribution in [0.25, 0.3) is 0 Å². The Labute approximate surface area is 128 Å². The van der Waals surface area contributed by atoms with Gasteiger partial charge in [-0.3, -0.25) is 4.90 Å². The molecule has 1 fully saturated rings. The van der Waals surface area contributed by atoms with Crippen LogP contribution in [0.2, 0.25) is 5.02 Å². The molecule has 1 heterocycles. The summed E-state index contributed by atoms with van der Waals surface area (Å²) in [5, 5.41) is 4.50. The molecule has 2 nitrogen and oxygen atoms in total. The van der Waals surface area contributed by atoms with E-state index in [1.54, 1.807) is 0 Å². The molecule has 1 aliphatic heterocycles. The molecule has 0 aliphatic carbocycles. The molecule has 2 unspecified atom stereocenters. The highest BCUT2D eigenvalue weighted by molar-refractivity contribution is 6.30. The van der Waals surface area contributed by atoms with Crippen LogP contribution in [0, 0.1) is 5.92 Å². The number of benzene rings is 1. The van der Waals surface area contributed by atoms with E-state index in [1.807, 2.05) is 12.1 Å². The standard InChI is InChI=1S/C17H27ClN2/c1-4-16-12-20(17(11-19-16)13(2)3)10-9-14-5-7-15(18)8-6-14/h5-8,13,16-17,19H,4,9-12H2,1-3H3. The van der Waals surface area contributed by atoms with Crippen LogP contribution in [0.5, 0.6) is 0 Å². The van der Waals surface area contributed by atoms with Crippen molar-refractivity contribution >= 4 is 11.6 Å². The Bertz CT molecular complexity index is 402. The van der Waals surface area contributed by atoms with Crippen molar-refractivity contribution in [2.45, 2.75) is 45.7 Å². The van der Waals surface area contributed by atoms with Gasteiger partial charge in [-0.2, -0.15) is 0 Å². The van der Waals surface area contributed by atoms with E-state index in [0.717, 1.165) is 24.5 Å². The topological polar surface area (TPSA) is 15.3 Å². The fourth-order valence-corrected chi connectivity index (χ4v) is 3.14. The van der Waals surface area contributed by atoms with Crippen molar-refractivity contribution in [2.24, 2.45) is 5.92 Å². The third kappa shape index (κ3) is 4.21. The van der Waals surface area contributed by atoms with Crippen molar-refractivity contribution in [2.75, 3.05) is 19.6 Å². The Morgan fingerprint density at radius 2 is 2.00 bits per heavy atom. The molecule has 1 aromatic rings. The van der Waals surface area contributed by atoms with Gasteiger partial charge < -0.3 is 5.32 Å². The fraction of sp³-hybridized carbons (Fsp3) is 0.647. The van der Waals surface area contributed by atoms with E-state index in [-0.39, 0.29) is 0 Å². The zero-order chi connectivity index (χ0) is 14.5. The van der Waals surface area contributed by atoms with Crippen LogP contribution in [-0.2, 0) is 6.42 Å². The summed E-state index contributed by atoms with van der Waals surface area (Å²) in [5.74, 6) is 0.700. The molecule has 20 heavy (non-hydrogen) atoms. The number of nitrogens with one attached hydrogen (secondary N) is 1. The van der Waals surface area contributed by atoms with Crippen molar-refractivity contribution < 1.29 is 0 Å². The van der Waals surface area contributed by atoms with Crippen LogP contribution in [0.15, 0.2) is 24.3 Å². The van der Waals surface area contributed by atoms with Gasteiger partial charge in [0.15, 0.2) is 0 Å². The summed E-state index contributed by atoms with van der Waals surface area (Å²) < 4.78 is 0. The molecule has 0 saturated carbocycles. The first-order valence-corrected chi connectivity index (χ1v) is 8.19. The molecule has 0 aromatic heterocycles. The minimum atomic E-state index is 0.648. The molecule has 3 heteroatoms. The summed E-state index contributed by atoms with van der Waals surface area (Å²) in [5.41, 5.74) is 1.38. The van der Waals surface area contributed by atoms with E-state index in [4.69, 9.17) is 11.6 Å².